The van der Waals surface area contributed by atoms with Crippen LogP contribution in [0.2, 0.25) is 0 Å². The number of carboxylic acids is 1. The summed E-state index contributed by atoms with van der Waals surface area (Å²) >= 11 is 6.51. The van der Waals surface area contributed by atoms with Crippen LogP contribution in [-0.2, 0) is 4.79 Å². The number of benzene rings is 1. The fourth-order valence-electron chi connectivity index (χ4n) is 1.25. The smallest absolute Gasteiger partial charge is 0.318 e. The molecule has 0 aliphatic rings. The number of anilines is 1. The molecule has 1 N–H and O–H groups in total. The minimum atomic E-state index is -0.876. The van der Waals surface area contributed by atoms with Gasteiger partial charge in [-0.05, 0) is 17.7 Å². The molecule has 0 radical (unpaired) electrons. The van der Waals surface area contributed by atoms with Crippen LogP contribution in [0.1, 0.15) is 10.4 Å². The molecule has 0 saturated carbocycles. The quantitative estimate of drug-likeness (QED) is 0.848. The Balaban J connectivity index is 2.85. The average molecular weight is 351 g/mol. The Morgan fingerprint density at radius 3 is 2.12 bits per heavy atom. The van der Waals surface area contributed by atoms with Gasteiger partial charge in [-0.1, -0.05) is 44.0 Å². The lowest BCUT2D eigenvalue weighted by Gasteiger charge is -2.16. The number of carboxylic acid groups (broad SMARTS) is 1. The summed E-state index contributed by atoms with van der Waals surface area (Å²) in [6, 6.07) is 7.77. The zero-order chi connectivity index (χ0) is 12.3. The van der Waals surface area contributed by atoms with Gasteiger partial charge in [-0.15, -0.1) is 0 Å². The Labute approximate surface area is 112 Å². The van der Waals surface area contributed by atoms with Crippen molar-refractivity contribution in [2.75, 3.05) is 19.0 Å². The molecule has 2 atom stereocenters. The van der Waals surface area contributed by atoms with Crippen molar-refractivity contribution in [3.8, 4) is 0 Å². The fourth-order valence-corrected chi connectivity index (χ4v) is 2.09. The zero-order valence-corrected chi connectivity index (χ0v) is 12.2. The monoisotopic (exact) mass is 349 g/mol. The maximum absolute atomic E-state index is 10.8. The van der Waals surface area contributed by atoms with Gasteiger partial charge in [-0.3, -0.25) is 4.79 Å². The van der Waals surface area contributed by atoms with Crippen LogP contribution in [-0.4, -0.2) is 30.0 Å². The van der Waals surface area contributed by atoms with E-state index in [1.807, 2.05) is 43.3 Å². The Hall–Kier alpha value is -0.550. The van der Waals surface area contributed by atoms with Gasteiger partial charge in [0.25, 0.3) is 0 Å². The molecule has 16 heavy (non-hydrogen) atoms. The van der Waals surface area contributed by atoms with E-state index in [-0.39, 0.29) is 4.83 Å². The van der Waals surface area contributed by atoms with Crippen LogP contribution in [0.25, 0.3) is 0 Å². The molecule has 0 fully saturated rings. The summed E-state index contributed by atoms with van der Waals surface area (Å²) in [7, 11) is 3.93. The van der Waals surface area contributed by atoms with E-state index >= 15 is 0 Å². The van der Waals surface area contributed by atoms with Crippen LogP contribution < -0.4 is 4.90 Å². The van der Waals surface area contributed by atoms with Crippen molar-refractivity contribution < 1.29 is 9.90 Å². The molecule has 0 aliphatic carbocycles. The minimum Gasteiger partial charge on any atom is -0.480 e. The largest absolute Gasteiger partial charge is 0.480 e. The first-order valence-electron chi connectivity index (χ1n) is 4.71. The summed E-state index contributed by atoms with van der Waals surface area (Å²) in [5.41, 5.74) is 2.03. The number of rotatable bonds is 4. The highest BCUT2D eigenvalue weighted by Gasteiger charge is 2.24. The lowest BCUT2D eigenvalue weighted by atomic mass is 10.1. The predicted octanol–water partition coefficient (Wildman–Crippen LogP) is 3.04. The molecule has 88 valence electrons. The highest BCUT2D eigenvalue weighted by Crippen LogP contribution is 2.32. The van der Waals surface area contributed by atoms with Crippen molar-refractivity contribution in [2.24, 2.45) is 0 Å². The number of hydrogen-bond donors (Lipinski definition) is 1. The molecular weight excluding hydrogens is 338 g/mol. The summed E-state index contributed by atoms with van der Waals surface area (Å²) in [5, 5.41) is 8.87. The number of alkyl halides is 2. The molecule has 0 bridgehead atoms. The van der Waals surface area contributed by atoms with Crippen LogP contribution in [0.3, 0.4) is 0 Å². The minimum absolute atomic E-state index is 0.235. The molecule has 0 spiro atoms. The predicted molar refractivity (Wildman–Crippen MR) is 72.8 cm³/mol. The number of halogens is 2. The molecule has 0 aromatic heterocycles. The standard InChI is InChI=1S/C11H13Br2NO2/c1-14(2)8-5-3-7(4-6-8)9(12)10(13)11(15)16/h3-6,9-10H,1-2H3,(H,15,16). The lowest BCUT2D eigenvalue weighted by Crippen LogP contribution is -2.18. The fraction of sp³-hybridized carbons (Fsp3) is 0.364. The van der Waals surface area contributed by atoms with Gasteiger partial charge in [-0.25, -0.2) is 0 Å². The summed E-state index contributed by atoms with van der Waals surface area (Å²) in [4.78, 5) is 11.9. The van der Waals surface area contributed by atoms with Gasteiger partial charge >= 0.3 is 5.97 Å². The first-order chi connectivity index (χ1) is 7.43. The molecule has 2 unspecified atom stereocenters. The summed E-state index contributed by atoms with van der Waals surface area (Å²) in [5.74, 6) is -0.876. The summed E-state index contributed by atoms with van der Waals surface area (Å²) < 4.78 is 0. The molecule has 1 rings (SSSR count). The average Bonchev–Trinajstić information content (AvgIpc) is 2.27. The van der Waals surface area contributed by atoms with Crippen LogP contribution in [0.4, 0.5) is 5.69 Å². The van der Waals surface area contributed by atoms with Gasteiger partial charge in [0, 0.05) is 19.8 Å². The summed E-state index contributed by atoms with van der Waals surface area (Å²) in [6.45, 7) is 0. The van der Waals surface area contributed by atoms with Gasteiger partial charge in [0.2, 0.25) is 0 Å². The molecule has 0 saturated heterocycles. The van der Waals surface area contributed by atoms with E-state index in [2.05, 4.69) is 31.9 Å². The SMILES string of the molecule is CN(C)c1ccc(C(Br)C(Br)C(=O)O)cc1. The Morgan fingerprint density at radius 1 is 1.25 bits per heavy atom. The molecule has 5 heteroatoms. The topological polar surface area (TPSA) is 40.5 Å². The second-order valence-corrected chi connectivity index (χ2v) is 5.60. The van der Waals surface area contributed by atoms with Crippen LogP contribution in [0.5, 0.6) is 0 Å². The van der Waals surface area contributed by atoms with Crippen molar-refractivity contribution in [3.63, 3.8) is 0 Å². The van der Waals surface area contributed by atoms with Gasteiger partial charge in [-0.2, -0.15) is 0 Å². The summed E-state index contributed by atoms with van der Waals surface area (Å²) in [6.07, 6.45) is 0. The highest BCUT2D eigenvalue weighted by molar-refractivity contribution is 9.12. The maximum atomic E-state index is 10.8. The van der Waals surface area contributed by atoms with Crippen LogP contribution in [0, 0.1) is 0 Å². The van der Waals surface area contributed by atoms with E-state index in [0.717, 1.165) is 11.3 Å². The van der Waals surface area contributed by atoms with E-state index in [1.54, 1.807) is 0 Å². The van der Waals surface area contributed by atoms with E-state index in [0.29, 0.717) is 0 Å². The van der Waals surface area contributed by atoms with Gasteiger partial charge in [0.05, 0.1) is 4.83 Å². The molecule has 0 heterocycles. The maximum Gasteiger partial charge on any atom is 0.318 e. The van der Waals surface area contributed by atoms with Crippen molar-refractivity contribution >= 4 is 43.5 Å². The number of nitrogens with zero attached hydrogens (tertiary/aromatic N) is 1. The molecule has 0 aliphatic heterocycles. The molecule has 1 aromatic rings. The van der Waals surface area contributed by atoms with Gasteiger partial charge in [0.15, 0.2) is 0 Å². The van der Waals surface area contributed by atoms with Crippen molar-refractivity contribution in [3.05, 3.63) is 29.8 Å². The molecule has 3 nitrogen and oxygen atoms in total. The lowest BCUT2D eigenvalue weighted by molar-refractivity contribution is -0.136. The first-order valence-corrected chi connectivity index (χ1v) is 6.55. The van der Waals surface area contributed by atoms with Crippen molar-refractivity contribution in [1.29, 1.82) is 0 Å². The third-order valence-corrected chi connectivity index (χ3v) is 4.91. The Bertz CT molecular complexity index is 365. The number of aliphatic carboxylic acids is 1. The van der Waals surface area contributed by atoms with E-state index in [4.69, 9.17) is 5.11 Å². The number of carbonyl (C=O) groups is 1. The Morgan fingerprint density at radius 2 is 1.75 bits per heavy atom. The van der Waals surface area contributed by atoms with E-state index in [1.165, 1.54) is 0 Å². The molecular formula is C11H13Br2NO2. The normalized spacial score (nSPS) is 14.2. The van der Waals surface area contributed by atoms with Gasteiger partial charge in [0.1, 0.15) is 4.83 Å². The zero-order valence-electron chi connectivity index (χ0n) is 9.02. The Kier molecular flexibility index (Phi) is 4.80. The number of hydrogen-bond acceptors (Lipinski definition) is 2. The molecule has 1 aromatic carbocycles. The van der Waals surface area contributed by atoms with Crippen LogP contribution >= 0.6 is 31.9 Å². The van der Waals surface area contributed by atoms with Crippen LogP contribution in [0.15, 0.2) is 24.3 Å². The third-order valence-electron chi connectivity index (χ3n) is 2.22. The highest BCUT2D eigenvalue weighted by atomic mass is 79.9. The van der Waals surface area contributed by atoms with E-state index < -0.39 is 10.8 Å². The first kappa shape index (κ1) is 13.5. The second kappa shape index (κ2) is 5.68. The van der Waals surface area contributed by atoms with Crippen molar-refractivity contribution in [2.45, 2.75) is 9.65 Å². The third kappa shape index (κ3) is 3.22. The van der Waals surface area contributed by atoms with Gasteiger partial charge < -0.3 is 10.0 Å². The second-order valence-electron chi connectivity index (χ2n) is 3.63. The van der Waals surface area contributed by atoms with E-state index in [9.17, 15) is 4.79 Å². The van der Waals surface area contributed by atoms with Crippen molar-refractivity contribution in [1.82, 2.24) is 0 Å². The molecule has 0 amide bonds.